The summed E-state index contributed by atoms with van der Waals surface area (Å²) >= 11 is 0. The molecular weight excluding hydrogens is 364 g/mol. The van der Waals surface area contributed by atoms with Gasteiger partial charge in [0.2, 0.25) is 5.95 Å². The fourth-order valence-electron chi connectivity index (χ4n) is 2.82. The van der Waals surface area contributed by atoms with E-state index in [1.165, 1.54) is 5.56 Å². The molecule has 1 aromatic heterocycles. The van der Waals surface area contributed by atoms with E-state index in [-0.39, 0.29) is 0 Å². The number of nitrogens with one attached hydrogen (secondary N) is 2. The highest BCUT2D eigenvalue weighted by Gasteiger charge is 2.04. The Morgan fingerprint density at radius 3 is 2.28 bits per heavy atom. The van der Waals surface area contributed by atoms with Crippen molar-refractivity contribution in [3.05, 3.63) is 65.9 Å². The van der Waals surface area contributed by atoms with Crippen LogP contribution in [0.3, 0.4) is 0 Å². The molecular formula is C23H28N4O2. The minimum Gasteiger partial charge on any atom is -0.497 e. The summed E-state index contributed by atoms with van der Waals surface area (Å²) < 4.78 is 10.9. The van der Waals surface area contributed by atoms with E-state index in [1.54, 1.807) is 7.11 Å². The highest BCUT2D eigenvalue weighted by atomic mass is 16.5. The Balaban J connectivity index is 1.54. The van der Waals surface area contributed by atoms with Gasteiger partial charge in [-0.1, -0.05) is 26.0 Å². The van der Waals surface area contributed by atoms with E-state index in [0.29, 0.717) is 25.0 Å². The van der Waals surface area contributed by atoms with E-state index in [2.05, 4.69) is 58.7 Å². The molecule has 6 nitrogen and oxygen atoms in total. The van der Waals surface area contributed by atoms with E-state index >= 15 is 0 Å². The van der Waals surface area contributed by atoms with Crippen LogP contribution in [0, 0.1) is 6.92 Å². The molecule has 152 valence electrons. The second-order valence-corrected chi connectivity index (χ2v) is 7.07. The number of aryl methyl sites for hydroxylation is 1. The Morgan fingerprint density at radius 1 is 0.931 bits per heavy atom. The molecule has 0 aliphatic heterocycles. The normalized spacial score (nSPS) is 10.7. The average molecular weight is 393 g/mol. The van der Waals surface area contributed by atoms with Crippen molar-refractivity contribution in [1.29, 1.82) is 0 Å². The molecule has 2 aromatic carbocycles. The fraction of sp³-hybridized carbons (Fsp3) is 0.304. The molecule has 29 heavy (non-hydrogen) atoms. The predicted molar refractivity (Wildman–Crippen MR) is 118 cm³/mol. The highest BCUT2D eigenvalue weighted by Crippen LogP contribution is 2.20. The van der Waals surface area contributed by atoms with Crippen molar-refractivity contribution in [2.75, 3.05) is 30.9 Å². The molecule has 0 atom stereocenters. The third kappa shape index (κ3) is 6.10. The van der Waals surface area contributed by atoms with Crippen LogP contribution in [-0.4, -0.2) is 30.2 Å². The number of rotatable bonds is 9. The van der Waals surface area contributed by atoms with Crippen molar-refractivity contribution in [1.82, 2.24) is 9.97 Å². The molecule has 0 saturated heterocycles. The summed E-state index contributed by atoms with van der Waals surface area (Å²) in [7, 11) is 1.65. The topological polar surface area (TPSA) is 68.3 Å². The summed E-state index contributed by atoms with van der Waals surface area (Å²) in [5.74, 6) is 3.46. The number of nitrogens with zero attached hydrogens (tertiary/aromatic N) is 2. The van der Waals surface area contributed by atoms with Crippen molar-refractivity contribution in [3.8, 4) is 11.5 Å². The van der Waals surface area contributed by atoms with Crippen LogP contribution in [0.5, 0.6) is 11.5 Å². The van der Waals surface area contributed by atoms with Crippen molar-refractivity contribution in [2.24, 2.45) is 0 Å². The first kappa shape index (κ1) is 20.5. The third-order valence-corrected chi connectivity index (χ3v) is 4.42. The fourth-order valence-corrected chi connectivity index (χ4v) is 2.82. The minimum absolute atomic E-state index is 0.509. The third-order valence-electron chi connectivity index (χ3n) is 4.42. The van der Waals surface area contributed by atoms with Crippen LogP contribution >= 0.6 is 0 Å². The van der Waals surface area contributed by atoms with Gasteiger partial charge >= 0.3 is 0 Å². The van der Waals surface area contributed by atoms with Gasteiger partial charge in [-0.05, 0) is 54.8 Å². The first-order chi connectivity index (χ1) is 14.0. The Morgan fingerprint density at radius 2 is 1.62 bits per heavy atom. The second kappa shape index (κ2) is 9.78. The van der Waals surface area contributed by atoms with E-state index in [4.69, 9.17) is 9.47 Å². The van der Waals surface area contributed by atoms with Crippen LogP contribution in [0.25, 0.3) is 0 Å². The zero-order chi connectivity index (χ0) is 20.6. The zero-order valence-electron chi connectivity index (χ0n) is 17.4. The first-order valence-corrected chi connectivity index (χ1v) is 9.77. The molecule has 0 fully saturated rings. The van der Waals surface area contributed by atoms with Crippen LogP contribution in [0.2, 0.25) is 0 Å². The average Bonchev–Trinajstić information content (AvgIpc) is 2.72. The van der Waals surface area contributed by atoms with Crippen LogP contribution in [0.15, 0.2) is 54.6 Å². The number of aromatic nitrogens is 2. The van der Waals surface area contributed by atoms with Crippen LogP contribution in [0.4, 0.5) is 17.5 Å². The van der Waals surface area contributed by atoms with Gasteiger partial charge in [0, 0.05) is 17.4 Å². The molecule has 3 rings (SSSR count). The van der Waals surface area contributed by atoms with Gasteiger partial charge in [0.15, 0.2) is 0 Å². The van der Waals surface area contributed by atoms with Crippen molar-refractivity contribution >= 4 is 17.5 Å². The molecule has 0 aliphatic carbocycles. The zero-order valence-corrected chi connectivity index (χ0v) is 17.4. The molecule has 2 N–H and O–H groups in total. The number of benzene rings is 2. The lowest BCUT2D eigenvalue weighted by atomic mass is 10.0. The molecule has 0 saturated carbocycles. The first-order valence-electron chi connectivity index (χ1n) is 9.77. The second-order valence-electron chi connectivity index (χ2n) is 7.07. The molecule has 0 bridgehead atoms. The van der Waals surface area contributed by atoms with Gasteiger partial charge in [-0.25, -0.2) is 4.98 Å². The lowest BCUT2D eigenvalue weighted by molar-refractivity contribution is 0.331. The van der Waals surface area contributed by atoms with Crippen molar-refractivity contribution < 1.29 is 9.47 Å². The van der Waals surface area contributed by atoms with Crippen LogP contribution in [0.1, 0.15) is 31.0 Å². The Kier molecular flexibility index (Phi) is 6.89. The van der Waals surface area contributed by atoms with Gasteiger partial charge in [0.05, 0.1) is 13.7 Å². The smallest absolute Gasteiger partial charge is 0.229 e. The molecule has 0 amide bonds. The lowest BCUT2D eigenvalue weighted by Gasteiger charge is -2.12. The standard InChI is InChI=1S/C23H28N4O2/c1-16(2)18-5-7-19(8-6-18)26-23-25-17(3)15-22(27-23)24-13-14-29-21-11-9-20(28-4)10-12-21/h5-12,15-16H,13-14H2,1-4H3,(H2,24,25,26,27). The van der Waals surface area contributed by atoms with Gasteiger partial charge < -0.3 is 20.1 Å². The summed E-state index contributed by atoms with van der Waals surface area (Å²) in [5, 5.41) is 6.56. The number of hydrogen-bond donors (Lipinski definition) is 2. The molecule has 3 aromatic rings. The maximum atomic E-state index is 5.74. The maximum absolute atomic E-state index is 5.74. The molecule has 0 aliphatic rings. The predicted octanol–water partition coefficient (Wildman–Crippen LogP) is 5.15. The maximum Gasteiger partial charge on any atom is 0.229 e. The van der Waals surface area contributed by atoms with E-state index < -0.39 is 0 Å². The summed E-state index contributed by atoms with van der Waals surface area (Å²) in [5.41, 5.74) is 3.16. The molecule has 0 radical (unpaired) electrons. The Labute approximate surface area is 172 Å². The summed E-state index contributed by atoms with van der Waals surface area (Å²) in [4.78, 5) is 9.02. The number of hydrogen-bond acceptors (Lipinski definition) is 6. The van der Waals surface area contributed by atoms with Gasteiger partial charge in [-0.2, -0.15) is 4.98 Å². The Hall–Kier alpha value is -3.28. The molecule has 6 heteroatoms. The quantitative estimate of drug-likeness (QED) is 0.491. The Bertz CT molecular complexity index is 909. The van der Waals surface area contributed by atoms with Crippen molar-refractivity contribution in [2.45, 2.75) is 26.7 Å². The number of anilines is 3. The number of methoxy groups -OCH3 is 1. The van der Waals surface area contributed by atoms with E-state index in [0.717, 1.165) is 28.7 Å². The number of ether oxygens (including phenoxy) is 2. The van der Waals surface area contributed by atoms with E-state index in [9.17, 15) is 0 Å². The van der Waals surface area contributed by atoms with Gasteiger partial charge in [-0.3, -0.25) is 0 Å². The SMILES string of the molecule is COc1ccc(OCCNc2cc(C)nc(Nc3ccc(C(C)C)cc3)n2)cc1. The summed E-state index contributed by atoms with van der Waals surface area (Å²) in [6.07, 6.45) is 0. The van der Waals surface area contributed by atoms with Gasteiger partial charge in [-0.15, -0.1) is 0 Å². The molecule has 0 spiro atoms. The summed E-state index contributed by atoms with van der Waals surface area (Å²) in [6.45, 7) is 7.47. The van der Waals surface area contributed by atoms with E-state index in [1.807, 2.05) is 37.3 Å². The molecule has 0 unspecified atom stereocenters. The lowest BCUT2D eigenvalue weighted by Crippen LogP contribution is -2.13. The minimum atomic E-state index is 0.509. The van der Waals surface area contributed by atoms with Crippen LogP contribution < -0.4 is 20.1 Å². The monoisotopic (exact) mass is 392 g/mol. The molecule has 1 heterocycles. The van der Waals surface area contributed by atoms with Gasteiger partial charge in [0.1, 0.15) is 23.9 Å². The van der Waals surface area contributed by atoms with Crippen molar-refractivity contribution in [3.63, 3.8) is 0 Å². The highest BCUT2D eigenvalue weighted by molar-refractivity contribution is 5.55. The summed E-state index contributed by atoms with van der Waals surface area (Å²) in [6, 6.07) is 17.8. The largest absolute Gasteiger partial charge is 0.497 e. The van der Waals surface area contributed by atoms with Crippen LogP contribution in [-0.2, 0) is 0 Å². The van der Waals surface area contributed by atoms with Gasteiger partial charge in [0.25, 0.3) is 0 Å².